The van der Waals surface area contributed by atoms with E-state index in [0.29, 0.717) is 11.4 Å². The zero-order valence-electron chi connectivity index (χ0n) is 20.4. The first-order valence-corrected chi connectivity index (χ1v) is 11.6. The van der Waals surface area contributed by atoms with E-state index in [1.165, 1.54) is 7.11 Å². The van der Waals surface area contributed by atoms with Crippen LogP contribution in [0.15, 0.2) is 72.8 Å². The molecular formula is C28H27N3O5. The lowest BCUT2D eigenvalue weighted by molar-refractivity contribution is -0.122. The maximum Gasteiger partial charge on any atom is 0.273 e. The van der Waals surface area contributed by atoms with Gasteiger partial charge in [-0.3, -0.25) is 24.6 Å². The summed E-state index contributed by atoms with van der Waals surface area (Å²) in [4.78, 5) is 54.1. The van der Waals surface area contributed by atoms with Gasteiger partial charge in [-0.05, 0) is 67.4 Å². The molecule has 4 rings (SSSR count). The quantitative estimate of drug-likeness (QED) is 0.424. The van der Waals surface area contributed by atoms with Crippen LogP contribution in [-0.4, -0.2) is 41.8 Å². The Kier molecular flexibility index (Phi) is 7.15. The van der Waals surface area contributed by atoms with Crippen LogP contribution >= 0.6 is 0 Å². The molecule has 0 saturated carbocycles. The Morgan fingerprint density at radius 1 is 1.00 bits per heavy atom. The van der Waals surface area contributed by atoms with Gasteiger partial charge in [0, 0.05) is 11.1 Å². The van der Waals surface area contributed by atoms with Gasteiger partial charge in [0.1, 0.15) is 11.8 Å². The molecule has 0 aromatic heterocycles. The van der Waals surface area contributed by atoms with E-state index in [1.54, 1.807) is 54.6 Å². The van der Waals surface area contributed by atoms with Gasteiger partial charge < -0.3 is 4.74 Å². The van der Waals surface area contributed by atoms with Crippen molar-refractivity contribution in [3.05, 3.63) is 95.1 Å². The molecule has 3 aromatic rings. The molecule has 1 fully saturated rings. The number of nitrogens with one attached hydrogen (secondary N) is 1. The molecule has 0 bridgehead atoms. The number of ether oxygens (including phenoxy) is 1. The molecule has 1 heterocycles. The summed E-state index contributed by atoms with van der Waals surface area (Å²) in [7, 11) is 1.52. The van der Waals surface area contributed by atoms with Gasteiger partial charge >= 0.3 is 0 Å². The smallest absolute Gasteiger partial charge is 0.273 e. The van der Waals surface area contributed by atoms with Gasteiger partial charge in [-0.2, -0.15) is 0 Å². The number of rotatable bonds is 6. The fourth-order valence-electron chi connectivity index (χ4n) is 4.07. The summed E-state index contributed by atoms with van der Waals surface area (Å²) < 4.78 is 5.13. The Labute approximate surface area is 209 Å². The lowest BCUT2D eigenvalue weighted by Crippen LogP contribution is -2.54. The monoisotopic (exact) mass is 485 g/mol. The zero-order chi connectivity index (χ0) is 25.8. The van der Waals surface area contributed by atoms with Crippen LogP contribution in [0.3, 0.4) is 0 Å². The van der Waals surface area contributed by atoms with Crippen molar-refractivity contribution in [1.29, 1.82) is 0 Å². The molecule has 36 heavy (non-hydrogen) atoms. The maximum absolute atomic E-state index is 13.5. The molecule has 184 valence electrons. The number of hydrogen-bond acceptors (Lipinski definition) is 5. The summed E-state index contributed by atoms with van der Waals surface area (Å²) in [5.41, 5.74) is 5.46. The van der Waals surface area contributed by atoms with E-state index >= 15 is 0 Å². The molecule has 0 spiro atoms. The summed E-state index contributed by atoms with van der Waals surface area (Å²) in [6.45, 7) is 3.85. The number of anilines is 1. The molecule has 1 unspecified atom stereocenters. The standard InChI is InChI=1S/C28H27N3O5/c1-4-19-8-12-22(13-9-19)30-25(32)17-24(28(30)35)31(27(34)21-7-5-6-18(2)16-21)29-26(33)20-10-14-23(36-3)15-11-20/h5-16,24H,4,17H2,1-3H3,(H,29,33). The number of hydrazine groups is 1. The average Bonchev–Trinajstić information content (AvgIpc) is 3.20. The average molecular weight is 486 g/mol. The van der Waals surface area contributed by atoms with Crippen molar-refractivity contribution >= 4 is 29.3 Å². The predicted octanol–water partition coefficient (Wildman–Crippen LogP) is 3.69. The fraction of sp³-hybridized carbons (Fsp3) is 0.214. The highest BCUT2D eigenvalue weighted by Crippen LogP contribution is 2.27. The minimum atomic E-state index is -1.20. The molecular weight excluding hydrogens is 458 g/mol. The number of imide groups is 1. The number of benzene rings is 3. The third-order valence-corrected chi connectivity index (χ3v) is 6.10. The number of carbonyl (C=O) groups is 4. The Morgan fingerprint density at radius 2 is 1.69 bits per heavy atom. The van der Waals surface area contributed by atoms with Gasteiger partial charge in [0.15, 0.2) is 0 Å². The van der Waals surface area contributed by atoms with Crippen molar-refractivity contribution in [3.8, 4) is 5.75 Å². The highest BCUT2D eigenvalue weighted by molar-refractivity contribution is 6.23. The zero-order valence-corrected chi connectivity index (χ0v) is 20.4. The first-order valence-electron chi connectivity index (χ1n) is 11.6. The summed E-state index contributed by atoms with van der Waals surface area (Å²) >= 11 is 0. The summed E-state index contributed by atoms with van der Waals surface area (Å²) in [6, 6.07) is 19.1. The van der Waals surface area contributed by atoms with Gasteiger partial charge in [0.25, 0.3) is 17.7 Å². The topological polar surface area (TPSA) is 96.0 Å². The number of nitrogens with zero attached hydrogens (tertiary/aromatic N) is 2. The molecule has 4 amide bonds. The molecule has 1 atom stereocenters. The van der Waals surface area contributed by atoms with E-state index in [2.05, 4.69) is 5.43 Å². The van der Waals surface area contributed by atoms with Gasteiger partial charge in [-0.15, -0.1) is 0 Å². The van der Waals surface area contributed by atoms with Crippen LogP contribution in [0.5, 0.6) is 5.75 Å². The van der Waals surface area contributed by atoms with Crippen LogP contribution in [0.4, 0.5) is 5.69 Å². The maximum atomic E-state index is 13.5. The number of aryl methyl sites for hydroxylation is 2. The van der Waals surface area contributed by atoms with Crippen LogP contribution in [0.2, 0.25) is 0 Å². The number of amides is 4. The van der Waals surface area contributed by atoms with E-state index in [1.807, 2.05) is 32.0 Å². The van der Waals surface area contributed by atoms with Crippen LogP contribution in [0.25, 0.3) is 0 Å². The third kappa shape index (κ3) is 4.98. The summed E-state index contributed by atoms with van der Waals surface area (Å²) in [5, 5.41) is 0.974. The molecule has 1 N–H and O–H groups in total. The van der Waals surface area contributed by atoms with Crippen LogP contribution in [0.1, 0.15) is 45.2 Å². The van der Waals surface area contributed by atoms with Crippen molar-refractivity contribution in [1.82, 2.24) is 10.4 Å². The predicted molar refractivity (Wildman–Crippen MR) is 135 cm³/mol. The molecule has 3 aromatic carbocycles. The molecule has 8 heteroatoms. The summed E-state index contributed by atoms with van der Waals surface area (Å²) in [5.74, 6) is -1.64. The molecule has 8 nitrogen and oxygen atoms in total. The second-order valence-electron chi connectivity index (χ2n) is 8.52. The lowest BCUT2D eigenvalue weighted by atomic mass is 10.1. The SMILES string of the molecule is CCc1ccc(N2C(=O)CC(N(NC(=O)c3ccc(OC)cc3)C(=O)c3cccc(C)c3)C2=O)cc1. The second kappa shape index (κ2) is 10.4. The van der Waals surface area contributed by atoms with E-state index in [9.17, 15) is 19.2 Å². The molecule has 0 aliphatic carbocycles. The third-order valence-electron chi connectivity index (χ3n) is 6.10. The van der Waals surface area contributed by atoms with Crippen molar-refractivity contribution in [2.75, 3.05) is 12.0 Å². The number of hydrogen-bond donors (Lipinski definition) is 1. The Morgan fingerprint density at radius 3 is 2.31 bits per heavy atom. The minimum absolute atomic E-state index is 0.255. The fourth-order valence-corrected chi connectivity index (χ4v) is 4.07. The van der Waals surface area contributed by atoms with E-state index in [0.717, 1.165) is 27.5 Å². The van der Waals surface area contributed by atoms with Crippen molar-refractivity contribution < 1.29 is 23.9 Å². The Balaban J connectivity index is 1.66. The van der Waals surface area contributed by atoms with E-state index in [-0.39, 0.29) is 17.5 Å². The van der Waals surface area contributed by atoms with Crippen molar-refractivity contribution in [2.45, 2.75) is 32.7 Å². The van der Waals surface area contributed by atoms with Crippen LogP contribution in [-0.2, 0) is 16.0 Å². The van der Waals surface area contributed by atoms with E-state index < -0.39 is 29.7 Å². The molecule has 1 aliphatic rings. The minimum Gasteiger partial charge on any atom is -0.497 e. The first-order chi connectivity index (χ1) is 17.3. The van der Waals surface area contributed by atoms with Crippen molar-refractivity contribution in [2.24, 2.45) is 0 Å². The lowest BCUT2D eigenvalue weighted by Gasteiger charge is -2.28. The highest BCUT2D eigenvalue weighted by Gasteiger charge is 2.45. The van der Waals surface area contributed by atoms with Gasteiger partial charge in [0.05, 0.1) is 19.2 Å². The van der Waals surface area contributed by atoms with Crippen LogP contribution in [0, 0.1) is 6.92 Å². The number of carbonyl (C=O) groups excluding carboxylic acids is 4. The van der Waals surface area contributed by atoms with E-state index in [4.69, 9.17) is 4.74 Å². The highest BCUT2D eigenvalue weighted by atomic mass is 16.5. The molecule has 1 saturated heterocycles. The van der Waals surface area contributed by atoms with Gasteiger partial charge in [0.2, 0.25) is 5.91 Å². The van der Waals surface area contributed by atoms with Crippen LogP contribution < -0.4 is 15.1 Å². The van der Waals surface area contributed by atoms with Gasteiger partial charge in [-0.25, -0.2) is 9.91 Å². The van der Waals surface area contributed by atoms with Crippen molar-refractivity contribution in [3.63, 3.8) is 0 Å². The molecule has 1 aliphatic heterocycles. The molecule has 0 radical (unpaired) electrons. The van der Waals surface area contributed by atoms with Gasteiger partial charge in [-0.1, -0.05) is 36.8 Å². The Hall–Kier alpha value is -4.46. The number of methoxy groups -OCH3 is 1. The largest absolute Gasteiger partial charge is 0.497 e. The summed E-state index contributed by atoms with van der Waals surface area (Å²) in [6.07, 6.45) is 0.565. The second-order valence-corrected chi connectivity index (χ2v) is 8.52. The Bertz CT molecular complexity index is 1300. The first kappa shape index (κ1) is 24.7. The normalized spacial score (nSPS) is 15.1.